The third-order valence-corrected chi connectivity index (χ3v) is 3.74. The summed E-state index contributed by atoms with van der Waals surface area (Å²) in [4.78, 5) is 13.2. The van der Waals surface area contributed by atoms with Crippen LogP contribution in [0.1, 0.15) is 12.7 Å². The van der Waals surface area contributed by atoms with Crippen molar-refractivity contribution in [3.05, 3.63) is 24.4 Å². The molecule has 1 unspecified atom stereocenters. The van der Waals surface area contributed by atoms with E-state index in [1.165, 1.54) is 0 Å². The number of anilines is 1. The van der Waals surface area contributed by atoms with Crippen molar-refractivity contribution in [3.63, 3.8) is 0 Å². The fourth-order valence-electron chi connectivity index (χ4n) is 2.72. The summed E-state index contributed by atoms with van der Waals surface area (Å²) in [6, 6.07) is 0.195. The van der Waals surface area contributed by atoms with Crippen molar-refractivity contribution >= 4 is 5.82 Å². The molecule has 1 aliphatic heterocycles. The highest BCUT2D eigenvalue weighted by molar-refractivity contribution is 5.37. The van der Waals surface area contributed by atoms with E-state index < -0.39 is 12.7 Å². The van der Waals surface area contributed by atoms with Crippen LogP contribution in [0, 0.1) is 0 Å². The van der Waals surface area contributed by atoms with Crippen molar-refractivity contribution in [1.29, 1.82) is 0 Å². The molecule has 2 aromatic rings. The van der Waals surface area contributed by atoms with Crippen molar-refractivity contribution in [2.75, 3.05) is 24.5 Å². The molecule has 130 valence electrons. The summed E-state index contributed by atoms with van der Waals surface area (Å²) >= 11 is 0. The lowest BCUT2D eigenvalue weighted by Gasteiger charge is -2.39. The summed E-state index contributed by atoms with van der Waals surface area (Å²) in [5.74, 6) is 1.11. The Morgan fingerprint density at radius 2 is 2.08 bits per heavy atom. The van der Waals surface area contributed by atoms with Crippen LogP contribution in [0.15, 0.2) is 18.6 Å². The Kier molecular flexibility index (Phi) is 4.60. The Bertz CT molecular complexity index is 659. The van der Waals surface area contributed by atoms with E-state index in [0.29, 0.717) is 17.2 Å². The second-order valence-corrected chi connectivity index (χ2v) is 5.69. The lowest BCUT2D eigenvalue weighted by molar-refractivity contribution is -0.145. The van der Waals surface area contributed by atoms with Crippen molar-refractivity contribution in [1.82, 2.24) is 35.1 Å². The van der Waals surface area contributed by atoms with Crippen LogP contribution in [0.5, 0.6) is 0 Å². The Balaban J connectivity index is 1.57. The molecule has 8 nitrogen and oxygen atoms in total. The monoisotopic (exact) mass is 342 g/mol. The zero-order chi connectivity index (χ0) is 17.2. The van der Waals surface area contributed by atoms with E-state index in [1.807, 2.05) is 0 Å². The number of alkyl halides is 3. The zero-order valence-electron chi connectivity index (χ0n) is 13.1. The molecule has 0 N–H and O–H groups in total. The van der Waals surface area contributed by atoms with E-state index in [9.17, 15) is 13.2 Å². The SMILES string of the molecule is CC1CN(Cc2nnn(CC(F)(F)F)n2)CCN1c1cnccn1. The van der Waals surface area contributed by atoms with E-state index >= 15 is 0 Å². The van der Waals surface area contributed by atoms with Gasteiger partial charge in [0, 0.05) is 38.1 Å². The van der Waals surface area contributed by atoms with Gasteiger partial charge in [-0.3, -0.25) is 9.88 Å². The Hall–Kier alpha value is -2.30. The lowest BCUT2D eigenvalue weighted by atomic mass is 10.2. The van der Waals surface area contributed by atoms with E-state index in [2.05, 4.69) is 42.1 Å². The van der Waals surface area contributed by atoms with E-state index in [-0.39, 0.29) is 6.04 Å². The first kappa shape index (κ1) is 16.6. The van der Waals surface area contributed by atoms with Crippen LogP contribution >= 0.6 is 0 Å². The summed E-state index contributed by atoms with van der Waals surface area (Å²) in [5.41, 5.74) is 0. The minimum atomic E-state index is -4.35. The van der Waals surface area contributed by atoms with Gasteiger partial charge in [-0.05, 0) is 12.1 Å². The Morgan fingerprint density at radius 1 is 1.25 bits per heavy atom. The second-order valence-electron chi connectivity index (χ2n) is 5.69. The van der Waals surface area contributed by atoms with E-state index in [4.69, 9.17) is 0 Å². The van der Waals surface area contributed by atoms with Gasteiger partial charge in [-0.25, -0.2) is 4.98 Å². The van der Waals surface area contributed by atoms with Crippen LogP contribution < -0.4 is 4.90 Å². The highest BCUT2D eigenvalue weighted by Gasteiger charge is 2.30. The topological polar surface area (TPSA) is 75.9 Å². The van der Waals surface area contributed by atoms with Gasteiger partial charge >= 0.3 is 6.18 Å². The maximum atomic E-state index is 12.3. The molecule has 0 aromatic carbocycles. The average molecular weight is 342 g/mol. The predicted molar refractivity (Wildman–Crippen MR) is 78.0 cm³/mol. The first-order chi connectivity index (χ1) is 11.4. The number of rotatable bonds is 4. The maximum Gasteiger partial charge on any atom is 0.409 e. The molecule has 3 rings (SSSR count). The Morgan fingerprint density at radius 3 is 2.75 bits per heavy atom. The number of halogens is 3. The first-order valence-corrected chi connectivity index (χ1v) is 7.49. The third kappa shape index (κ3) is 4.16. The molecule has 0 amide bonds. The predicted octanol–water partition coefficient (Wildman–Crippen LogP) is 0.736. The van der Waals surface area contributed by atoms with Gasteiger partial charge in [-0.1, -0.05) is 0 Å². The van der Waals surface area contributed by atoms with Crippen LogP contribution in [-0.2, 0) is 13.1 Å². The summed E-state index contributed by atoms with van der Waals surface area (Å²) < 4.78 is 36.9. The molecule has 1 fully saturated rings. The maximum absolute atomic E-state index is 12.3. The van der Waals surface area contributed by atoms with Gasteiger partial charge < -0.3 is 4.90 Å². The fraction of sp³-hybridized carbons (Fsp3) is 0.615. The number of tetrazole rings is 1. The molecule has 0 spiro atoms. The molecule has 0 radical (unpaired) electrons. The van der Waals surface area contributed by atoms with Crippen molar-refractivity contribution in [3.8, 4) is 0 Å². The molecular formula is C13H17F3N8. The molecule has 1 saturated heterocycles. The number of hydrogen-bond acceptors (Lipinski definition) is 7. The molecule has 1 aliphatic rings. The molecule has 0 saturated carbocycles. The summed E-state index contributed by atoms with van der Waals surface area (Å²) in [6.45, 7) is 3.41. The third-order valence-electron chi connectivity index (χ3n) is 3.74. The lowest BCUT2D eigenvalue weighted by Crippen LogP contribution is -2.52. The van der Waals surface area contributed by atoms with Crippen LogP contribution in [0.4, 0.5) is 19.0 Å². The number of piperazine rings is 1. The molecule has 1 atom stereocenters. The first-order valence-electron chi connectivity index (χ1n) is 7.49. The second kappa shape index (κ2) is 6.67. The minimum absolute atomic E-state index is 0.195. The fourth-order valence-corrected chi connectivity index (χ4v) is 2.72. The number of aromatic nitrogens is 6. The average Bonchev–Trinajstić information content (AvgIpc) is 2.93. The molecule has 0 bridgehead atoms. The van der Waals surface area contributed by atoms with Crippen molar-refractivity contribution < 1.29 is 13.2 Å². The number of hydrogen-bond donors (Lipinski definition) is 0. The highest BCUT2D eigenvalue weighted by Crippen LogP contribution is 2.18. The van der Waals surface area contributed by atoms with Gasteiger partial charge in [-0.15, -0.1) is 10.2 Å². The van der Waals surface area contributed by atoms with Crippen LogP contribution in [0.2, 0.25) is 0 Å². The summed E-state index contributed by atoms with van der Waals surface area (Å²) in [6.07, 6.45) is 0.642. The van der Waals surface area contributed by atoms with Gasteiger partial charge in [0.1, 0.15) is 5.82 Å². The van der Waals surface area contributed by atoms with Gasteiger partial charge in [-0.2, -0.15) is 18.0 Å². The van der Waals surface area contributed by atoms with Gasteiger partial charge in [0.15, 0.2) is 12.4 Å². The van der Waals surface area contributed by atoms with Crippen LogP contribution in [0.3, 0.4) is 0 Å². The van der Waals surface area contributed by atoms with Gasteiger partial charge in [0.2, 0.25) is 0 Å². The normalized spacial score (nSPS) is 19.7. The Labute approximate surface area is 136 Å². The van der Waals surface area contributed by atoms with Crippen molar-refractivity contribution in [2.24, 2.45) is 0 Å². The highest BCUT2D eigenvalue weighted by atomic mass is 19.4. The van der Waals surface area contributed by atoms with Gasteiger partial charge in [0.05, 0.1) is 12.7 Å². The zero-order valence-corrected chi connectivity index (χ0v) is 13.1. The molecule has 2 aromatic heterocycles. The quantitative estimate of drug-likeness (QED) is 0.811. The van der Waals surface area contributed by atoms with E-state index in [0.717, 1.165) is 25.5 Å². The molecule has 24 heavy (non-hydrogen) atoms. The van der Waals surface area contributed by atoms with Crippen LogP contribution in [0.25, 0.3) is 0 Å². The summed E-state index contributed by atoms with van der Waals surface area (Å²) in [5, 5.41) is 10.9. The molecule has 11 heteroatoms. The molecular weight excluding hydrogens is 325 g/mol. The minimum Gasteiger partial charge on any atom is -0.350 e. The van der Waals surface area contributed by atoms with Crippen LogP contribution in [-0.4, -0.2) is 66.9 Å². The molecule has 0 aliphatic carbocycles. The smallest absolute Gasteiger partial charge is 0.350 e. The standard InChI is InChI=1S/C13H17F3N8/c1-10-7-22(4-5-23(10)12-6-17-2-3-18-12)8-11-19-21-24(20-11)9-13(14,15)16/h2-3,6,10H,4-5,7-9H2,1H3. The largest absolute Gasteiger partial charge is 0.409 e. The summed E-state index contributed by atoms with van der Waals surface area (Å²) in [7, 11) is 0. The van der Waals surface area contributed by atoms with E-state index in [1.54, 1.807) is 18.6 Å². The van der Waals surface area contributed by atoms with Crippen molar-refractivity contribution in [2.45, 2.75) is 32.2 Å². The molecule has 3 heterocycles. The van der Waals surface area contributed by atoms with Gasteiger partial charge in [0.25, 0.3) is 0 Å². The number of nitrogens with zero attached hydrogens (tertiary/aromatic N) is 8.